The van der Waals surface area contributed by atoms with Crippen LogP contribution in [0, 0.1) is 0 Å². The van der Waals surface area contributed by atoms with Gasteiger partial charge in [0.25, 0.3) is 0 Å². The van der Waals surface area contributed by atoms with E-state index in [-0.39, 0.29) is 0 Å². The van der Waals surface area contributed by atoms with Crippen molar-refractivity contribution in [2.24, 2.45) is 4.99 Å². The molecule has 13 heavy (non-hydrogen) atoms. The molecule has 0 aromatic heterocycles. The molecule has 0 aromatic rings. The van der Waals surface area contributed by atoms with Crippen LogP contribution < -0.4 is 5.32 Å². The van der Waals surface area contributed by atoms with Crippen LogP contribution in [0.5, 0.6) is 0 Å². The van der Waals surface area contributed by atoms with Crippen molar-refractivity contribution in [1.82, 2.24) is 5.32 Å². The molecule has 0 spiro atoms. The average Bonchev–Trinajstić information content (AvgIpc) is 2.60. The molecule has 1 fully saturated rings. The van der Waals surface area contributed by atoms with E-state index in [1.165, 1.54) is 36.6 Å². The number of rotatable bonds is 5. The first kappa shape index (κ1) is 10.9. The minimum absolute atomic E-state index is 0.662. The first-order valence-electron chi connectivity index (χ1n) is 5.30. The standard InChI is InChI=1S/C10H20N2S/c1-3-5-6-7-11-10-12-9(4-2)8-13-10/h9H,3-8H2,1-2H3,(H,11,12). The van der Waals surface area contributed by atoms with Crippen molar-refractivity contribution in [2.45, 2.75) is 45.6 Å². The summed E-state index contributed by atoms with van der Waals surface area (Å²) in [6.07, 6.45) is 5.03. The molecule has 1 aliphatic heterocycles. The molecule has 2 nitrogen and oxygen atoms in total. The van der Waals surface area contributed by atoms with Crippen LogP contribution in [0.1, 0.15) is 39.5 Å². The molecular formula is C10H20N2S. The minimum Gasteiger partial charge on any atom is -0.361 e. The predicted octanol–water partition coefficient (Wildman–Crippen LogP) is 2.65. The highest BCUT2D eigenvalue weighted by Gasteiger charge is 2.17. The van der Waals surface area contributed by atoms with Gasteiger partial charge in [0, 0.05) is 18.3 Å². The fraction of sp³-hybridized carbons (Fsp3) is 0.900. The molecule has 1 saturated heterocycles. The summed E-state index contributed by atoms with van der Waals surface area (Å²) >= 11 is 1.87. The maximum Gasteiger partial charge on any atom is 0.156 e. The van der Waals surface area contributed by atoms with Crippen molar-refractivity contribution in [2.75, 3.05) is 12.3 Å². The first-order valence-corrected chi connectivity index (χ1v) is 6.29. The SMILES string of the molecule is CCCCCN=C1NC(CC)CS1. The fourth-order valence-corrected chi connectivity index (χ4v) is 2.40. The zero-order valence-corrected chi connectivity index (χ0v) is 9.49. The molecule has 0 bridgehead atoms. The maximum atomic E-state index is 4.53. The molecule has 1 rings (SSSR count). The van der Waals surface area contributed by atoms with Gasteiger partial charge in [-0.2, -0.15) is 0 Å². The number of nitrogens with zero attached hydrogens (tertiary/aromatic N) is 1. The lowest BCUT2D eigenvalue weighted by Crippen LogP contribution is -2.25. The summed E-state index contributed by atoms with van der Waals surface area (Å²) in [5.74, 6) is 1.20. The van der Waals surface area contributed by atoms with Crippen LogP contribution >= 0.6 is 11.8 Å². The van der Waals surface area contributed by atoms with Gasteiger partial charge in [-0.05, 0) is 12.8 Å². The number of hydrogen-bond donors (Lipinski definition) is 1. The highest BCUT2D eigenvalue weighted by molar-refractivity contribution is 8.14. The lowest BCUT2D eigenvalue weighted by molar-refractivity contribution is 0.664. The van der Waals surface area contributed by atoms with E-state index in [9.17, 15) is 0 Å². The van der Waals surface area contributed by atoms with E-state index in [1.54, 1.807) is 0 Å². The molecule has 1 N–H and O–H groups in total. The molecule has 1 heterocycles. The van der Waals surface area contributed by atoms with E-state index in [4.69, 9.17) is 0 Å². The molecule has 1 unspecified atom stereocenters. The Morgan fingerprint density at radius 3 is 2.92 bits per heavy atom. The summed E-state index contributed by atoms with van der Waals surface area (Å²) < 4.78 is 0. The van der Waals surface area contributed by atoms with Crippen molar-refractivity contribution in [3.8, 4) is 0 Å². The van der Waals surface area contributed by atoms with Crippen LogP contribution in [-0.2, 0) is 0 Å². The van der Waals surface area contributed by atoms with Gasteiger partial charge in [-0.1, -0.05) is 38.5 Å². The average molecular weight is 200 g/mol. The molecule has 0 amide bonds. The maximum absolute atomic E-state index is 4.53. The van der Waals surface area contributed by atoms with E-state index in [0.29, 0.717) is 6.04 Å². The second kappa shape index (κ2) is 6.30. The van der Waals surface area contributed by atoms with Gasteiger partial charge in [0.15, 0.2) is 5.17 Å². The number of unbranched alkanes of at least 4 members (excludes halogenated alkanes) is 2. The third-order valence-corrected chi connectivity index (χ3v) is 3.35. The highest BCUT2D eigenvalue weighted by Crippen LogP contribution is 2.15. The topological polar surface area (TPSA) is 24.4 Å². The van der Waals surface area contributed by atoms with Crippen LogP contribution in [0.3, 0.4) is 0 Å². The third kappa shape index (κ3) is 4.03. The normalized spacial score (nSPS) is 25.1. The monoisotopic (exact) mass is 200 g/mol. The first-order chi connectivity index (χ1) is 6.36. The van der Waals surface area contributed by atoms with E-state index < -0.39 is 0 Å². The molecule has 76 valence electrons. The Morgan fingerprint density at radius 1 is 1.46 bits per heavy atom. The summed E-state index contributed by atoms with van der Waals surface area (Å²) in [5.41, 5.74) is 0. The highest BCUT2D eigenvalue weighted by atomic mass is 32.2. The second-order valence-electron chi connectivity index (χ2n) is 3.45. The molecule has 0 radical (unpaired) electrons. The largest absolute Gasteiger partial charge is 0.361 e. The zero-order chi connectivity index (χ0) is 9.52. The number of amidine groups is 1. The molecule has 3 heteroatoms. The number of nitrogens with one attached hydrogen (secondary N) is 1. The van der Waals surface area contributed by atoms with Gasteiger partial charge in [0.1, 0.15) is 0 Å². The smallest absolute Gasteiger partial charge is 0.156 e. The summed E-state index contributed by atoms with van der Waals surface area (Å²) in [4.78, 5) is 4.53. The van der Waals surface area contributed by atoms with Crippen LogP contribution in [0.15, 0.2) is 4.99 Å². The van der Waals surface area contributed by atoms with Crippen LogP contribution in [0.4, 0.5) is 0 Å². The number of thioether (sulfide) groups is 1. The van der Waals surface area contributed by atoms with Gasteiger partial charge in [-0.15, -0.1) is 0 Å². The quantitative estimate of drug-likeness (QED) is 0.690. The Labute approximate surface area is 85.6 Å². The lowest BCUT2D eigenvalue weighted by atomic mass is 10.2. The minimum atomic E-state index is 0.662. The van der Waals surface area contributed by atoms with E-state index in [2.05, 4.69) is 24.2 Å². The Hall–Kier alpha value is -0.180. The van der Waals surface area contributed by atoms with Gasteiger partial charge in [-0.3, -0.25) is 4.99 Å². The van der Waals surface area contributed by atoms with E-state index >= 15 is 0 Å². The molecule has 0 saturated carbocycles. The van der Waals surface area contributed by atoms with E-state index in [1.807, 2.05) is 11.8 Å². The predicted molar refractivity (Wildman–Crippen MR) is 61.5 cm³/mol. The molecule has 0 aliphatic carbocycles. The Balaban J connectivity index is 2.13. The molecule has 0 aromatic carbocycles. The van der Waals surface area contributed by atoms with Crippen LogP contribution in [-0.4, -0.2) is 23.5 Å². The summed E-state index contributed by atoms with van der Waals surface area (Å²) in [6, 6.07) is 0.662. The van der Waals surface area contributed by atoms with Gasteiger partial charge in [0.2, 0.25) is 0 Å². The van der Waals surface area contributed by atoms with Gasteiger partial charge in [0.05, 0.1) is 0 Å². The summed E-state index contributed by atoms with van der Waals surface area (Å²) in [7, 11) is 0. The van der Waals surface area contributed by atoms with Crippen molar-refractivity contribution in [3.63, 3.8) is 0 Å². The van der Waals surface area contributed by atoms with Crippen LogP contribution in [0.25, 0.3) is 0 Å². The number of aliphatic imine (C=N–C) groups is 1. The van der Waals surface area contributed by atoms with Crippen molar-refractivity contribution >= 4 is 16.9 Å². The van der Waals surface area contributed by atoms with Crippen LogP contribution in [0.2, 0.25) is 0 Å². The van der Waals surface area contributed by atoms with Crippen molar-refractivity contribution in [1.29, 1.82) is 0 Å². The summed E-state index contributed by atoms with van der Waals surface area (Å²) in [5, 5.41) is 4.60. The Kier molecular flexibility index (Phi) is 5.28. The van der Waals surface area contributed by atoms with Gasteiger partial charge >= 0.3 is 0 Å². The lowest BCUT2D eigenvalue weighted by Gasteiger charge is -2.04. The Morgan fingerprint density at radius 2 is 2.31 bits per heavy atom. The number of hydrogen-bond acceptors (Lipinski definition) is 2. The molecule has 1 aliphatic rings. The second-order valence-corrected chi connectivity index (χ2v) is 4.46. The molecule has 1 atom stereocenters. The van der Waals surface area contributed by atoms with Crippen molar-refractivity contribution in [3.05, 3.63) is 0 Å². The third-order valence-electron chi connectivity index (χ3n) is 2.26. The Bertz CT molecular complexity index is 168. The van der Waals surface area contributed by atoms with Gasteiger partial charge < -0.3 is 5.32 Å². The fourth-order valence-electron chi connectivity index (χ4n) is 1.29. The zero-order valence-electron chi connectivity index (χ0n) is 8.68. The van der Waals surface area contributed by atoms with Crippen molar-refractivity contribution < 1.29 is 0 Å². The van der Waals surface area contributed by atoms with E-state index in [0.717, 1.165) is 6.54 Å². The summed E-state index contributed by atoms with van der Waals surface area (Å²) in [6.45, 7) is 5.45. The molecular weight excluding hydrogens is 180 g/mol. The van der Waals surface area contributed by atoms with Gasteiger partial charge in [-0.25, -0.2) is 0 Å².